The maximum Gasteiger partial charge on any atom is 0.379 e. The van der Waals surface area contributed by atoms with E-state index < -0.39 is 0 Å². The number of rotatable bonds is 0. The normalized spacial score (nSPS) is 25.6. The van der Waals surface area contributed by atoms with Crippen LogP contribution < -0.4 is 10.4 Å². The molecule has 1 saturated carbocycles. The van der Waals surface area contributed by atoms with Gasteiger partial charge in [-0.1, -0.05) is 18.2 Å². The molecule has 3 nitrogen and oxygen atoms in total. The van der Waals surface area contributed by atoms with Gasteiger partial charge in [-0.2, -0.15) is 0 Å². The van der Waals surface area contributed by atoms with E-state index in [1.807, 2.05) is 24.3 Å². The third-order valence-electron chi connectivity index (χ3n) is 3.89. The van der Waals surface area contributed by atoms with Crippen molar-refractivity contribution in [3.05, 3.63) is 40.2 Å². The van der Waals surface area contributed by atoms with Crippen molar-refractivity contribution >= 4 is 11.0 Å². The van der Waals surface area contributed by atoms with Crippen LogP contribution in [0, 0.1) is 0 Å². The number of hydrogen-bond donors (Lipinski definition) is 0. The Balaban J connectivity index is 2.13. The predicted molar refractivity (Wildman–Crippen MR) is 63.5 cm³/mol. The molecule has 4 rings (SSSR count). The van der Waals surface area contributed by atoms with Crippen molar-refractivity contribution in [1.82, 2.24) is 0 Å². The molecule has 1 aromatic carbocycles. The second-order valence-electron chi connectivity index (χ2n) is 4.88. The first-order valence-electron chi connectivity index (χ1n) is 6.05. The van der Waals surface area contributed by atoms with Crippen LogP contribution in [0.25, 0.3) is 11.0 Å². The van der Waals surface area contributed by atoms with Crippen LogP contribution >= 0.6 is 0 Å². The van der Waals surface area contributed by atoms with Crippen LogP contribution in [0.2, 0.25) is 0 Å². The molecule has 1 aliphatic carbocycles. The molecule has 2 atom stereocenters. The minimum Gasteiger partial charge on any atom is -0.483 e. The second-order valence-corrected chi connectivity index (χ2v) is 4.88. The topological polar surface area (TPSA) is 39.4 Å². The Hall–Kier alpha value is -1.77. The summed E-state index contributed by atoms with van der Waals surface area (Å²) < 4.78 is 11.1. The monoisotopic (exact) mass is 228 g/mol. The fraction of sp³-hybridized carbons (Fsp3) is 0.357. The zero-order chi connectivity index (χ0) is 11.4. The van der Waals surface area contributed by atoms with E-state index in [1.54, 1.807) is 0 Å². The molecule has 0 saturated heterocycles. The lowest BCUT2D eigenvalue weighted by atomic mass is 9.92. The van der Waals surface area contributed by atoms with Gasteiger partial charge in [0.15, 0.2) is 0 Å². The van der Waals surface area contributed by atoms with Crippen LogP contribution in [0.1, 0.15) is 30.7 Å². The zero-order valence-electron chi connectivity index (χ0n) is 9.31. The summed E-state index contributed by atoms with van der Waals surface area (Å²) >= 11 is 0. The van der Waals surface area contributed by atoms with Gasteiger partial charge in [0.05, 0.1) is 6.10 Å². The first kappa shape index (κ1) is 9.28. The van der Waals surface area contributed by atoms with Gasteiger partial charge >= 0.3 is 5.63 Å². The van der Waals surface area contributed by atoms with Gasteiger partial charge in [-0.3, -0.25) is 0 Å². The fourth-order valence-corrected chi connectivity index (χ4v) is 3.15. The summed E-state index contributed by atoms with van der Waals surface area (Å²) in [4.78, 5) is 11.9. The second kappa shape index (κ2) is 3.13. The van der Waals surface area contributed by atoms with Gasteiger partial charge in [0.25, 0.3) is 0 Å². The van der Waals surface area contributed by atoms with Crippen LogP contribution in [-0.4, -0.2) is 6.10 Å². The van der Waals surface area contributed by atoms with Gasteiger partial charge in [0.2, 0.25) is 5.75 Å². The van der Waals surface area contributed by atoms with E-state index in [0.29, 0.717) is 17.3 Å². The standard InChI is InChI=1S/C14H12O3/c15-14-13-12(8-5-6-9(7-8)16-13)10-3-1-2-4-11(10)17-14/h1-4,8-9H,5-7H2/t8-,9+/m1/s1. The molecule has 0 amide bonds. The Labute approximate surface area is 98.0 Å². The SMILES string of the molecule is O=c1oc2ccccc2c2c1O[C@H]1CC[C@@H]2C1. The molecule has 0 N–H and O–H groups in total. The van der Waals surface area contributed by atoms with E-state index in [1.165, 1.54) is 0 Å². The van der Waals surface area contributed by atoms with Crippen molar-refractivity contribution < 1.29 is 9.15 Å². The molecule has 3 heteroatoms. The fourth-order valence-electron chi connectivity index (χ4n) is 3.15. The van der Waals surface area contributed by atoms with Gasteiger partial charge in [-0.15, -0.1) is 0 Å². The molecule has 1 aliphatic heterocycles. The minimum atomic E-state index is -0.324. The number of ether oxygens (including phenoxy) is 1. The van der Waals surface area contributed by atoms with E-state index in [0.717, 1.165) is 30.2 Å². The molecule has 86 valence electrons. The summed E-state index contributed by atoms with van der Waals surface area (Å²) in [7, 11) is 0. The Kier molecular flexibility index (Phi) is 1.71. The molecule has 1 fully saturated rings. The van der Waals surface area contributed by atoms with Crippen molar-refractivity contribution in [2.24, 2.45) is 0 Å². The molecule has 2 aliphatic rings. The first-order chi connectivity index (χ1) is 8.33. The highest BCUT2D eigenvalue weighted by atomic mass is 16.5. The lowest BCUT2D eigenvalue weighted by Crippen LogP contribution is -2.23. The Bertz CT molecular complexity index is 656. The molecule has 0 unspecified atom stereocenters. The highest BCUT2D eigenvalue weighted by molar-refractivity contribution is 5.83. The predicted octanol–water partition coefficient (Wildman–Crippen LogP) is 2.82. The quantitative estimate of drug-likeness (QED) is 0.651. The lowest BCUT2D eigenvalue weighted by molar-refractivity contribution is 0.185. The van der Waals surface area contributed by atoms with Gasteiger partial charge in [0, 0.05) is 10.9 Å². The molecular weight excluding hydrogens is 216 g/mol. The molecular formula is C14H12O3. The van der Waals surface area contributed by atoms with Crippen LogP contribution in [0.5, 0.6) is 5.75 Å². The highest BCUT2D eigenvalue weighted by Gasteiger charge is 2.37. The molecule has 2 bridgehead atoms. The molecule has 17 heavy (non-hydrogen) atoms. The first-order valence-corrected chi connectivity index (χ1v) is 6.05. The average Bonchev–Trinajstić information content (AvgIpc) is 2.72. The number of benzene rings is 1. The Morgan fingerprint density at radius 1 is 1.18 bits per heavy atom. The highest BCUT2D eigenvalue weighted by Crippen LogP contribution is 2.46. The Morgan fingerprint density at radius 2 is 2.06 bits per heavy atom. The maximum atomic E-state index is 11.9. The minimum absolute atomic E-state index is 0.219. The molecule has 0 radical (unpaired) electrons. The van der Waals surface area contributed by atoms with E-state index >= 15 is 0 Å². The van der Waals surface area contributed by atoms with Crippen molar-refractivity contribution in [1.29, 1.82) is 0 Å². The summed E-state index contributed by atoms with van der Waals surface area (Å²) in [5.41, 5.74) is 1.42. The van der Waals surface area contributed by atoms with Crippen molar-refractivity contribution in [2.45, 2.75) is 31.3 Å². The smallest absolute Gasteiger partial charge is 0.379 e. The summed E-state index contributed by atoms with van der Waals surface area (Å²) in [5.74, 6) is 0.931. The van der Waals surface area contributed by atoms with Crippen molar-refractivity contribution in [3.8, 4) is 5.75 Å². The maximum absolute atomic E-state index is 11.9. The number of fused-ring (bicyclic) bond motifs is 6. The van der Waals surface area contributed by atoms with E-state index in [-0.39, 0.29) is 11.7 Å². The summed E-state index contributed by atoms with van der Waals surface area (Å²) in [6.45, 7) is 0. The van der Waals surface area contributed by atoms with Gasteiger partial charge in [0.1, 0.15) is 5.58 Å². The van der Waals surface area contributed by atoms with Crippen LogP contribution in [0.4, 0.5) is 0 Å². The third-order valence-corrected chi connectivity index (χ3v) is 3.89. The summed E-state index contributed by atoms with van der Waals surface area (Å²) in [5, 5.41) is 1.03. The number of para-hydroxylation sites is 1. The molecule has 0 spiro atoms. The van der Waals surface area contributed by atoms with E-state index in [9.17, 15) is 4.79 Å². The van der Waals surface area contributed by atoms with Crippen molar-refractivity contribution in [3.63, 3.8) is 0 Å². The molecule has 1 aromatic heterocycles. The summed E-state index contributed by atoms with van der Waals surface area (Å²) in [6.07, 6.45) is 3.43. The van der Waals surface area contributed by atoms with Gasteiger partial charge in [-0.25, -0.2) is 4.79 Å². The van der Waals surface area contributed by atoms with Crippen LogP contribution in [0.15, 0.2) is 33.5 Å². The molecule has 2 aromatic rings. The van der Waals surface area contributed by atoms with Gasteiger partial charge < -0.3 is 9.15 Å². The third kappa shape index (κ3) is 1.19. The van der Waals surface area contributed by atoms with Crippen molar-refractivity contribution in [2.75, 3.05) is 0 Å². The van der Waals surface area contributed by atoms with E-state index in [4.69, 9.17) is 9.15 Å². The Morgan fingerprint density at radius 3 is 3.00 bits per heavy atom. The lowest BCUT2D eigenvalue weighted by Gasteiger charge is -2.23. The van der Waals surface area contributed by atoms with Gasteiger partial charge in [-0.05, 0) is 31.2 Å². The molecule has 2 heterocycles. The largest absolute Gasteiger partial charge is 0.483 e. The summed E-state index contributed by atoms with van der Waals surface area (Å²) in [6, 6.07) is 7.72. The average molecular weight is 228 g/mol. The van der Waals surface area contributed by atoms with Crippen LogP contribution in [-0.2, 0) is 0 Å². The van der Waals surface area contributed by atoms with Crippen LogP contribution in [0.3, 0.4) is 0 Å². The zero-order valence-corrected chi connectivity index (χ0v) is 9.31. The number of hydrogen-bond acceptors (Lipinski definition) is 3. The van der Waals surface area contributed by atoms with E-state index in [2.05, 4.69) is 0 Å².